The molecule has 0 spiro atoms. The lowest BCUT2D eigenvalue weighted by atomic mass is 9.81. The number of hydrogen-bond acceptors (Lipinski definition) is 5. The van der Waals surface area contributed by atoms with E-state index in [0.29, 0.717) is 24.3 Å². The highest BCUT2D eigenvalue weighted by molar-refractivity contribution is 6.06. The minimum Gasteiger partial charge on any atom is -0.494 e. The van der Waals surface area contributed by atoms with Gasteiger partial charge in [-0.3, -0.25) is 24.6 Å². The van der Waals surface area contributed by atoms with Crippen LogP contribution in [0.4, 0.5) is 0 Å². The van der Waals surface area contributed by atoms with Crippen molar-refractivity contribution in [3.63, 3.8) is 0 Å². The molecule has 7 heteroatoms. The molecular formula is C25H28N2O5. The Balaban J connectivity index is 1.51. The van der Waals surface area contributed by atoms with Crippen LogP contribution in [-0.4, -0.2) is 35.6 Å². The number of hydrazine groups is 1. The number of carbonyl (C=O) groups is 4. The Kier molecular flexibility index (Phi) is 7.41. The molecule has 1 aliphatic heterocycles. The summed E-state index contributed by atoms with van der Waals surface area (Å²) >= 11 is 0. The van der Waals surface area contributed by atoms with Gasteiger partial charge in [0.25, 0.3) is 11.8 Å². The largest absolute Gasteiger partial charge is 0.494 e. The van der Waals surface area contributed by atoms with Crippen molar-refractivity contribution in [2.24, 2.45) is 11.8 Å². The first-order valence-corrected chi connectivity index (χ1v) is 10.7. The summed E-state index contributed by atoms with van der Waals surface area (Å²) in [5, 5.41) is 0.874. The van der Waals surface area contributed by atoms with Crippen molar-refractivity contribution < 1.29 is 23.9 Å². The number of carbonyl (C=O) groups excluding carboxylic acids is 4. The van der Waals surface area contributed by atoms with Crippen LogP contribution in [0, 0.1) is 18.8 Å². The highest BCUT2D eigenvalue weighted by Crippen LogP contribution is 2.36. The van der Waals surface area contributed by atoms with E-state index in [-0.39, 0.29) is 18.2 Å². The highest BCUT2D eigenvalue weighted by Gasteiger charge is 2.48. The molecule has 3 rings (SSSR count). The molecule has 1 N–H and O–H groups in total. The molecule has 2 aromatic rings. The summed E-state index contributed by atoms with van der Waals surface area (Å²) in [5.74, 6) is -1.75. The first-order valence-electron chi connectivity index (χ1n) is 10.7. The van der Waals surface area contributed by atoms with Crippen LogP contribution in [0.25, 0.3) is 0 Å². The van der Waals surface area contributed by atoms with Crippen molar-refractivity contribution in [1.82, 2.24) is 10.4 Å². The zero-order valence-electron chi connectivity index (χ0n) is 18.5. The first-order chi connectivity index (χ1) is 15.3. The Labute approximate surface area is 187 Å². The zero-order valence-corrected chi connectivity index (χ0v) is 18.5. The van der Waals surface area contributed by atoms with E-state index in [1.807, 2.05) is 44.2 Å². The van der Waals surface area contributed by atoms with Crippen molar-refractivity contribution in [1.29, 1.82) is 0 Å². The number of ether oxygens (including phenoxy) is 1. The molecule has 1 fully saturated rings. The topological polar surface area (TPSA) is 92.8 Å². The molecule has 0 aromatic heterocycles. The van der Waals surface area contributed by atoms with Crippen molar-refractivity contribution in [2.75, 3.05) is 6.61 Å². The number of benzene rings is 2. The number of rotatable bonds is 9. The van der Waals surface area contributed by atoms with E-state index in [9.17, 15) is 19.2 Å². The number of hydrogen-bond donors (Lipinski definition) is 1. The van der Waals surface area contributed by atoms with E-state index in [1.165, 1.54) is 0 Å². The molecule has 3 atom stereocenters. The Morgan fingerprint density at radius 1 is 1.16 bits per heavy atom. The highest BCUT2D eigenvalue weighted by atomic mass is 16.5. The molecule has 2 aromatic carbocycles. The standard InChI is InChI=1S/C25H28N2O5/c1-16-14-21(12-11-20(16)15-28)32-13-7-10-22(29)26-27-24(30)18(3)23(25(27)31)17(2)19-8-5-4-6-9-19/h4-6,8-9,11-12,14-15,17-18,23H,7,10,13H2,1-3H3,(H,26,29). The maximum absolute atomic E-state index is 12.9. The first kappa shape index (κ1) is 23.2. The number of amides is 3. The summed E-state index contributed by atoms with van der Waals surface area (Å²) in [6, 6.07) is 14.7. The summed E-state index contributed by atoms with van der Waals surface area (Å²) in [6.07, 6.45) is 1.31. The molecule has 1 saturated heterocycles. The lowest BCUT2D eigenvalue weighted by Gasteiger charge is -2.20. The van der Waals surface area contributed by atoms with Crippen LogP contribution >= 0.6 is 0 Å². The normalized spacial score (nSPS) is 19.0. The average Bonchev–Trinajstić information content (AvgIpc) is 3.00. The maximum Gasteiger partial charge on any atom is 0.252 e. The third kappa shape index (κ3) is 5.04. The fourth-order valence-corrected chi connectivity index (χ4v) is 4.02. The van der Waals surface area contributed by atoms with Gasteiger partial charge in [-0.25, -0.2) is 0 Å². The molecule has 32 heavy (non-hydrogen) atoms. The number of nitrogens with zero attached hydrogens (tertiary/aromatic N) is 1. The summed E-state index contributed by atoms with van der Waals surface area (Å²) in [7, 11) is 0. The van der Waals surface area contributed by atoms with Crippen molar-refractivity contribution >= 4 is 24.0 Å². The van der Waals surface area contributed by atoms with E-state index in [4.69, 9.17) is 4.74 Å². The third-order valence-corrected chi connectivity index (χ3v) is 5.94. The minimum atomic E-state index is -0.522. The molecule has 3 unspecified atom stereocenters. The third-order valence-electron chi connectivity index (χ3n) is 5.94. The van der Waals surface area contributed by atoms with Gasteiger partial charge in [0.1, 0.15) is 12.0 Å². The summed E-state index contributed by atoms with van der Waals surface area (Å²) < 4.78 is 5.62. The van der Waals surface area contributed by atoms with E-state index >= 15 is 0 Å². The molecule has 0 radical (unpaired) electrons. The quantitative estimate of drug-likeness (QED) is 0.369. The van der Waals surface area contributed by atoms with Crippen LogP contribution in [0.3, 0.4) is 0 Å². The van der Waals surface area contributed by atoms with Crippen LogP contribution in [0.1, 0.15) is 54.1 Å². The molecule has 168 valence electrons. The fourth-order valence-electron chi connectivity index (χ4n) is 4.02. The Morgan fingerprint density at radius 2 is 1.88 bits per heavy atom. The van der Waals surface area contributed by atoms with Gasteiger partial charge in [0.2, 0.25) is 5.91 Å². The maximum atomic E-state index is 12.9. The molecule has 1 aliphatic rings. The van der Waals surface area contributed by atoms with Crippen LogP contribution in [-0.2, 0) is 14.4 Å². The SMILES string of the molecule is Cc1cc(OCCCC(=O)NN2C(=O)C(C)C(C(C)c3ccccc3)C2=O)ccc1C=O. The summed E-state index contributed by atoms with van der Waals surface area (Å²) in [5.41, 5.74) is 4.86. The van der Waals surface area contributed by atoms with Gasteiger partial charge in [-0.05, 0) is 48.6 Å². The number of imide groups is 1. The van der Waals surface area contributed by atoms with Crippen LogP contribution in [0.15, 0.2) is 48.5 Å². The summed E-state index contributed by atoms with van der Waals surface area (Å²) in [6.45, 7) is 5.76. The van der Waals surface area contributed by atoms with Crippen molar-refractivity contribution in [2.45, 2.75) is 39.5 Å². The molecule has 1 heterocycles. The summed E-state index contributed by atoms with van der Waals surface area (Å²) in [4.78, 5) is 48.8. The van der Waals surface area contributed by atoms with Gasteiger partial charge in [-0.15, -0.1) is 0 Å². The van der Waals surface area contributed by atoms with Gasteiger partial charge in [0.15, 0.2) is 0 Å². The minimum absolute atomic E-state index is 0.107. The van der Waals surface area contributed by atoms with Gasteiger partial charge in [-0.1, -0.05) is 44.2 Å². The Bertz CT molecular complexity index is 1000. The van der Waals surface area contributed by atoms with Crippen molar-refractivity contribution in [3.8, 4) is 5.75 Å². The van der Waals surface area contributed by atoms with E-state index < -0.39 is 23.7 Å². The second-order valence-electron chi connectivity index (χ2n) is 8.15. The van der Waals surface area contributed by atoms with E-state index in [0.717, 1.165) is 22.4 Å². The molecular weight excluding hydrogens is 408 g/mol. The monoisotopic (exact) mass is 436 g/mol. The van der Waals surface area contributed by atoms with E-state index in [2.05, 4.69) is 5.43 Å². The zero-order chi connectivity index (χ0) is 23.3. The van der Waals surface area contributed by atoms with Gasteiger partial charge in [0.05, 0.1) is 12.5 Å². The van der Waals surface area contributed by atoms with Gasteiger partial charge in [-0.2, -0.15) is 5.01 Å². The number of aryl methyl sites for hydroxylation is 1. The fraction of sp³-hybridized carbons (Fsp3) is 0.360. The molecule has 3 amide bonds. The molecule has 7 nitrogen and oxygen atoms in total. The Morgan fingerprint density at radius 3 is 2.53 bits per heavy atom. The number of nitrogens with one attached hydrogen (secondary N) is 1. The van der Waals surface area contributed by atoms with Gasteiger partial charge in [0, 0.05) is 17.9 Å². The van der Waals surface area contributed by atoms with Crippen LogP contribution < -0.4 is 10.2 Å². The van der Waals surface area contributed by atoms with Crippen LogP contribution in [0.2, 0.25) is 0 Å². The molecule has 0 bridgehead atoms. The predicted molar refractivity (Wildman–Crippen MR) is 119 cm³/mol. The Hall–Kier alpha value is -3.48. The van der Waals surface area contributed by atoms with Crippen LogP contribution in [0.5, 0.6) is 5.75 Å². The number of aldehydes is 1. The lowest BCUT2D eigenvalue weighted by Crippen LogP contribution is -2.46. The average molecular weight is 437 g/mol. The van der Waals surface area contributed by atoms with E-state index in [1.54, 1.807) is 25.1 Å². The lowest BCUT2D eigenvalue weighted by molar-refractivity contribution is -0.149. The second kappa shape index (κ2) is 10.2. The molecule has 0 aliphatic carbocycles. The van der Waals surface area contributed by atoms with Gasteiger partial charge >= 0.3 is 0 Å². The molecule has 0 saturated carbocycles. The predicted octanol–water partition coefficient (Wildman–Crippen LogP) is 3.42. The van der Waals surface area contributed by atoms with Crippen molar-refractivity contribution in [3.05, 3.63) is 65.2 Å². The smallest absolute Gasteiger partial charge is 0.252 e. The second-order valence-corrected chi connectivity index (χ2v) is 8.15. The van der Waals surface area contributed by atoms with Gasteiger partial charge < -0.3 is 4.74 Å².